The summed E-state index contributed by atoms with van der Waals surface area (Å²) in [4.78, 5) is 0. The molecule has 78 valence electrons. The van der Waals surface area contributed by atoms with Gasteiger partial charge in [0.15, 0.2) is 0 Å². The van der Waals surface area contributed by atoms with Crippen LogP contribution in [0.5, 0.6) is 0 Å². The number of rotatable bonds is 3. The van der Waals surface area contributed by atoms with Crippen molar-refractivity contribution in [3.05, 3.63) is 34.6 Å². The minimum atomic E-state index is -0.797. The monoisotopic (exact) mass is 217 g/mol. The van der Waals surface area contributed by atoms with Gasteiger partial charge in [0.2, 0.25) is 0 Å². The second kappa shape index (κ2) is 4.26. The van der Waals surface area contributed by atoms with E-state index in [9.17, 15) is 4.39 Å². The predicted octanol–water partition coefficient (Wildman–Crippen LogP) is 2.30. The number of hydrogen-bond acceptors (Lipinski definition) is 2. The zero-order valence-electron chi connectivity index (χ0n) is 8.18. The second-order valence-corrected chi connectivity index (χ2v) is 3.70. The fraction of sp³-hybridized carbons (Fsp3) is 0.400. The topological polar surface area (TPSA) is 35.2 Å². The van der Waals surface area contributed by atoms with Gasteiger partial charge in [-0.15, -0.1) is 0 Å². The van der Waals surface area contributed by atoms with E-state index in [-0.39, 0.29) is 6.54 Å². The van der Waals surface area contributed by atoms with E-state index in [1.165, 1.54) is 13.2 Å². The number of benzene rings is 1. The Morgan fingerprint density at radius 1 is 1.57 bits per heavy atom. The first-order valence-corrected chi connectivity index (χ1v) is 4.62. The highest BCUT2D eigenvalue weighted by Gasteiger charge is 2.27. The minimum absolute atomic E-state index is 0.210. The van der Waals surface area contributed by atoms with Crippen LogP contribution >= 0.6 is 11.6 Å². The van der Waals surface area contributed by atoms with Crippen molar-refractivity contribution in [2.45, 2.75) is 12.5 Å². The highest BCUT2D eigenvalue weighted by molar-refractivity contribution is 6.30. The molecule has 4 heteroatoms. The quantitative estimate of drug-likeness (QED) is 0.843. The Bertz CT molecular complexity index is 326. The van der Waals surface area contributed by atoms with Gasteiger partial charge < -0.3 is 10.5 Å². The average molecular weight is 218 g/mol. The Hall–Kier alpha value is -0.640. The van der Waals surface area contributed by atoms with Crippen molar-refractivity contribution in [3.8, 4) is 0 Å². The largest absolute Gasteiger partial charge is 0.372 e. The number of ether oxygens (including phenoxy) is 1. The van der Waals surface area contributed by atoms with E-state index >= 15 is 0 Å². The van der Waals surface area contributed by atoms with Crippen LogP contribution in [0.3, 0.4) is 0 Å². The molecule has 1 aromatic carbocycles. The van der Waals surface area contributed by atoms with E-state index in [4.69, 9.17) is 22.1 Å². The number of halogens is 2. The van der Waals surface area contributed by atoms with E-state index in [1.54, 1.807) is 19.1 Å². The molecule has 0 aliphatic rings. The van der Waals surface area contributed by atoms with Crippen LogP contribution in [0.1, 0.15) is 12.5 Å². The van der Waals surface area contributed by atoms with Gasteiger partial charge in [0, 0.05) is 24.2 Å². The molecule has 1 unspecified atom stereocenters. The van der Waals surface area contributed by atoms with Crippen molar-refractivity contribution in [1.82, 2.24) is 0 Å². The fourth-order valence-corrected chi connectivity index (χ4v) is 1.38. The molecule has 0 bridgehead atoms. The summed E-state index contributed by atoms with van der Waals surface area (Å²) in [6, 6.07) is 4.46. The van der Waals surface area contributed by atoms with E-state index < -0.39 is 11.4 Å². The standard InChI is InChI=1S/C10H13ClFNO/c1-10(6-13,14-2)8-4-3-7(11)5-9(8)12/h3-5H,6,13H2,1-2H3. The number of methoxy groups -OCH3 is 1. The van der Waals surface area contributed by atoms with Gasteiger partial charge in [-0.1, -0.05) is 17.7 Å². The number of nitrogens with two attached hydrogens (primary N) is 1. The molecule has 0 aliphatic heterocycles. The van der Waals surface area contributed by atoms with Crippen molar-refractivity contribution in [1.29, 1.82) is 0 Å². The van der Waals surface area contributed by atoms with Crippen LogP contribution in [-0.2, 0) is 10.3 Å². The summed E-state index contributed by atoms with van der Waals surface area (Å²) in [7, 11) is 1.50. The van der Waals surface area contributed by atoms with Crippen LogP contribution in [0.2, 0.25) is 5.02 Å². The van der Waals surface area contributed by atoms with E-state index in [0.717, 1.165) is 0 Å². The first kappa shape index (κ1) is 11.4. The van der Waals surface area contributed by atoms with Crippen molar-refractivity contribution in [3.63, 3.8) is 0 Å². The third-order valence-electron chi connectivity index (χ3n) is 2.34. The lowest BCUT2D eigenvalue weighted by atomic mass is 9.95. The molecule has 0 fully saturated rings. The zero-order chi connectivity index (χ0) is 10.8. The summed E-state index contributed by atoms with van der Waals surface area (Å²) in [5, 5.41) is 0.363. The van der Waals surface area contributed by atoms with Gasteiger partial charge in [0.05, 0.1) is 0 Å². The van der Waals surface area contributed by atoms with E-state index in [2.05, 4.69) is 0 Å². The summed E-state index contributed by atoms with van der Waals surface area (Å²) in [6.07, 6.45) is 0. The van der Waals surface area contributed by atoms with Gasteiger partial charge >= 0.3 is 0 Å². The van der Waals surface area contributed by atoms with Crippen LogP contribution in [0, 0.1) is 5.82 Å². The molecular formula is C10H13ClFNO. The molecule has 0 amide bonds. The second-order valence-electron chi connectivity index (χ2n) is 3.26. The molecule has 14 heavy (non-hydrogen) atoms. The van der Waals surface area contributed by atoms with Crippen LogP contribution in [-0.4, -0.2) is 13.7 Å². The molecular weight excluding hydrogens is 205 g/mol. The highest BCUT2D eigenvalue weighted by Crippen LogP contribution is 2.27. The van der Waals surface area contributed by atoms with E-state index in [1.807, 2.05) is 0 Å². The van der Waals surface area contributed by atoms with Crippen molar-refractivity contribution < 1.29 is 9.13 Å². The van der Waals surface area contributed by atoms with Gasteiger partial charge in [-0.05, 0) is 19.1 Å². The van der Waals surface area contributed by atoms with Gasteiger partial charge in [-0.2, -0.15) is 0 Å². The average Bonchev–Trinajstić information content (AvgIpc) is 2.17. The summed E-state index contributed by atoms with van der Waals surface area (Å²) in [5.74, 6) is -0.396. The third kappa shape index (κ3) is 2.05. The normalized spacial score (nSPS) is 15.2. The Kier molecular flexibility index (Phi) is 3.48. The first-order valence-electron chi connectivity index (χ1n) is 4.24. The Balaban J connectivity index is 3.17. The summed E-state index contributed by atoms with van der Waals surface area (Å²) in [6.45, 7) is 1.95. The maximum atomic E-state index is 13.5. The number of hydrogen-bond donors (Lipinski definition) is 1. The van der Waals surface area contributed by atoms with Crippen molar-refractivity contribution >= 4 is 11.6 Å². The van der Waals surface area contributed by atoms with E-state index in [0.29, 0.717) is 10.6 Å². The minimum Gasteiger partial charge on any atom is -0.372 e. The molecule has 0 radical (unpaired) electrons. The van der Waals surface area contributed by atoms with Gasteiger partial charge in [-0.3, -0.25) is 0 Å². The van der Waals surface area contributed by atoms with Gasteiger partial charge in [0.25, 0.3) is 0 Å². The molecule has 0 spiro atoms. The smallest absolute Gasteiger partial charge is 0.130 e. The van der Waals surface area contributed by atoms with Gasteiger partial charge in [0.1, 0.15) is 11.4 Å². The van der Waals surface area contributed by atoms with Crippen LogP contribution < -0.4 is 5.73 Å². The molecule has 1 aromatic rings. The molecule has 0 heterocycles. The lowest BCUT2D eigenvalue weighted by Gasteiger charge is -2.27. The lowest BCUT2D eigenvalue weighted by molar-refractivity contribution is 0.00718. The summed E-state index contributed by atoms with van der Waals surface area (Å²) in [5.41, 5.74) is 5.16. The van der Waals surface area contributed by atoms with Crippen LogP contribution in [0.25, 0.3) is 0 Å². The highest BCUT2D eigenvalue weighted by atomic mass is 35.5. The molecule has 0 saturated carbocycles. The molecule has 1 atom stereocenters. The Morgan fingerprint density at radius 3 is 2.64 bits per heavy atom. The van der Waals surface area contributed by atoms with Crippen molar-refractivity contribution in [2.75, 3.05) is 13.7 Å². The molecule has 0 aliphatic carbocycles. The van der Waals surface area contributed by atoms with Crippen LogP contribution in [0.15, 0.2) is 18.2 Å². The molecule has 0 saturated heterocycles. The van der Waals surface area contributed by atoms with Gasteiger partial charge in [-0.25, -0.2) is 4.39 Å². The summed E-state index contributed by atoms with van der Waals surface area (Å²) < 4.78 is 18.7. The third-order valence-corrected chi connectivity index (χ3v) is 2.58. The predicted molar refractivity (Wildman–Crippen MR) is 54.8 cm³/mol. The Morgan fingerprint density at radius 2 is 2.21 bits per heavy atom. The SMILES string of the molecule is COC(C)(CN)c1ccc(Cl)cc1F. The Labute approximate surface area is 87.8 Å². The fourth-order valence-electron chi connectivity index (χ4n) is 1.22. The summed E-state index contributed by atoms with van der Waals surface area (Å²) >= 11 is 5.64. The zero-order valence-corrected chi connectivity index (χ0v) is 8.94. The maximum Gasteiger partial charge on any atom is 0.130 e. The van der Waals surface area contributed by atoms with Crippen molar-refractivity contribution in [2.24, 2.45) is 5.73 Å². The molecule has 1 rings (SSSR count). The molecule has 0 aromatic heterocycles. The molecule has 2 nitrogen and oxygen atoms in total. The first-order chi connectivity index (χ1) is 6.53. The van der Waals surface area contributed by atoms with Crippen LogP contribution in [0.4, 0.5) is 4.39 Å². The molecule has 2 N–H and O–H groups in total. The maximum absolute atomic E-state index is 13.5. The lowest BCUT2D eigenvalue weighted by Crippen LogP contribution is -2.34.